The predicted molar refractivity (Wildman–Crippen MR) is 111 cm³/mol. The normalized spacial score (nSPS) is 11.1. The van der Waals surface area contributed by atoms with E-state index in [0.717, 1.165) is 55.2 Å². The molecule has 2 rings (SSSR count). The zero-order valence-electron chi connectivity index (χ0n) is 16.6. The van der Waals surface area contributed by atoms with Gasteiger partial charge in [0.15, 0.2) is 4.71 Å². The number of carbonyl (C=O) groups is 1. The Bertz CT molecular complexity index is 794. The maximum atomic E-state index is 11.3. The van der Waals surface area contributed by atoms with Crippen molar-refractivity contribution in [3.63, 3.8) is 0 Å². The van der Waals surface area contributed by atoms with Gasteiger partial charge in [-0.3, -0.25) is 4.79 Å². The number of rotatable bonds is 11. The second kappa shape index (κ2) is 11.1. The monoisotopic (exact) mass is 390 g/mol. The third-order valence-electron chi connectivity index (χ3n) is 4.37. The fourth-order valence-corrected chi connectivity index (χ4v) is 3.00. The van der Waals surface area contributed by atoms with Crippen LogP contribution >= 0.6 is 12.2 Å². The van der Waals surface area contributed by atoms with Gasteiger partial charge in [-0.05, 0) is 44.1 Å². The summed E-state index contributed by atoms with van der Waals surface area (Å²) in [6, 6.07) is 7.80. The van der Waals surface area contributed by atoms with Gasteiger partial charge in [-0.25, -0.2) is 0 Å². The van der Waals surface area contributed by atoms with E-state index in [1.54, 1.807) is 6.07 Å². The van der Waals surface area contributed by atoms with Crippen molar-refractivity contribution in [1.29, 1.82) is 0 Å². The molecule has 0 spiro atoms. The van der Waals surface area contributed by atoms with Gasteiger partial charge in [-0.2, -0.15) is 0 Å². The van der Waals surface area contributed by atoms with E-state index in [9.17, 15) is 4.79 Å². The Morgan fingerprint density at radius 3 is 2.41 bits per heavy atom. The summed E-state index contributed by atoms with van der Waals surface area (Å²) in [6.07, 6.45) is 6.49. The first-order valence-corrected chi connectivity index (χ1v) is 10.2. The summed E-state index contributed by atoms with van der Waals surface area (Å²) in [6.45, 7) is 6.97. The van der Waals surface area contributed by atoms with E-state index < -0.39 is 0 Å². The van der Waals surface area contributed by atoms with Crippen molar-refractivity contribution in [3.8, 4) is 5.75 Å². The molecule has 2 aromatic rings. The zero-order valence-corrected chi connectivity index (χ0v) is 17.4. The van der Waals surface area contributed by atoms with E-state index in [-0.39, 0.29) is 11.9 Å². The Hall–Kier alpha value is -1.88. The third kappa shape index (κ3) is 7.33. The smallest absolute Gasteiger partial charge is 0.308 e. The topological polar surface area (TPSA) is 48.7 Å². The molecule has 4 nitrogen and oxygen atoms in total. The summed E-state index contributed by atoms with van der Waals surface area (Å²) in [5, 5.41) is 0.972. The van der Waals surface area contributed by atoms with Crippen LogP contribution in [-0.4, -0.2) is 19.2 Å². The second-order valence-electron chi connectivity index (χ2n) is 7.22. The van der Waals surface area contributed by atoms with Gasteiger partial charge in [0.2, 0.25) is 0 Å². The van der Waals surface area contributed by atoms with E-state index in [4.69, 9.17) is 26.1 Å². The molecule has 27 heavy (non-hydrogen) atoms. The first-order valence-electron chi connectivity index (χ1n) is 9.81. The van der Waals surface area contributed by atoms with Gasteiger partial charge in [0.1, 0.15) is 11.3 Å². The third-order valence-corrected chi connectivity index (χ3v) is 4.57. The molecule has 0 aliphatic carbocycles. The largest absolute Gasteiger partial charge is 0.493 e. The van der Waals surface area contributed by atoms with Crippen LogP contribution in [0.4, 0.5) is 0 Å². The van der Waals surface area contributed by atoms with Crippen LogP contribution in [0.2, 0.25) is 0 Å². The Kier molecular flexibility index (Phi) is 8.79. The van der Waals surface area contributed by atoms with Crippen LogP contribution in [0, 0.1) is 17.5 Å². The van der Waals surface area contributed by atoms with Crippen molar-refractivity contribution in [2.75, 3.05) is 13.2 Å². The molecule has 0 saturated heterocycles. The molecule has 1 aromatic carbocycles. The fourth-order valence-electron chi connectivity index (χ4n) is 2.80. The Labute approximate surface area is 166 Å². The van der Waals surface area contributed by atoms with Gasteiger partial charge < -0.3 is 13.9 Å². The Morgan fingerprint density at radius 2 is 1.70 bits per heavy atom. The van der Waals surface area contributed by atoms with E-state index in [1.165, 1.54) is 5.56 Å². The lowest BCUT2D eigenvalue weighted by atomic mass is 10.1. The molecule has 0 fully saturated rings. The molecule has 148 valence electrons. The molecule has 5 heteroatoms. The number of hydrogen-bond acceptors (Lipinski definition) is 5. The van der Waals surface area contributed by atoms with E-state index >= 15 is 0 Å². The maximum absolute atomic E-state index is 11.3. The van der Waals surface area contributed by atoms with Crippen molar-refractivity contribution in [1.82, 2.24) is 0 Å². The molecule has 0 unspecified atom stereocenters. The van der Waals surface area contributed by atoms with E-state index in [2.05, 4.69) is 13.0 Å². The van der Waals surface area contributed by atoms with Crippen molar-refractivity contribution >= 4 is 29.2 Å². The fraction of sp³-hybridized carbons (Fsp3) is 0.545. The summed E-state index contributed by atoms with van der Waals surface area (Å²) in [4.78, 5) is 11.3. The van der Waals surface area contributed by atoms with Crippen molar-refractivity contribution in [2.45, 2.75) is 59.3 Å². The zero-order chi connectivity index (χ0) is 19.6. The SMILES string of the molecule is Cc1ccc2oc(=S)cc(OCCCCCCCCOC(=O)C(C)C)c2c1. The number of esters is 1. The summed E-state index contributed by atoms with van der Waals surface area (Å²) in [5.41, 5.74) is 1.93. The Morgan fingerprint density at radius 1 is 1.04 bits per heavy atom. The van der Waals surface area contributed by atoms with Gasteiger partial charge in [-0.1, -0.05) is 51.2 Å². The average Bonchev–Trinajstić information content (AvgIpc) is 2.63. The molecule has 1 aromatic heterocycles. The minimum atomic E-state index is -0.106. The molecule has 0 radical (unpaired) electrons. The van der Waals surface area contributed by atoms with Crippen molar-refractivity contribution in [2.24, 2.45) is 5.92 Å². The predicted octanol–water partition coefficient (Wildman–Crippen LogP) is 6.39. The minimum Gasteiger partial charge on any atom is -0.493 e. The molecule has 0 atom stereocenters. The average molecular weight is 391 g/mol. The van der Waals surface area contributed by atoms with Crippen LogP contribution in [0.3, 0.4) is 0 Å². The number of unbranched alkanes of at least 4 members (excludes halogenated alkanes) is 5. The highest BCUT2D eigenvalue weighted by Crippen LogP contribution is 2.27. The molecule has 0 aliphatic heterocycles. The number of carbonyl (C=O) groups excluding carboxylic acids is 1. The Balaban J connectivity index is 1.62. The summed E-state index contributed by atoms with van der Waals surface area (Å²) < 4.78 is 17.2. The van der Waals surface area contributed by atoms with Gasteiger partial charge in [0.25, 0.3) is 0 Å². The molecular weight excluding hydrogens is 360 g/mol. The quantitative estimate of drug-likeness (QED) is 0.253. The minimum absolute atomic E-state index is 0.0407. The van der Waals surface area contributed by atoms with Gasteiger partial charge >= 0.3 is 5.97 Å². The summed E-state index contributed by atoms with van der Waals surface area (Å²) in [7, 11) is 0. The molecule has 0 amide bonds. The molecular formula is C22H30O4S. The van der Waals surface area contributed by atoms with Gasteiger partial charge in [0, 0.05) is 6.07 Å². The first kappa shape index (κ1) is 21.4. The molecule has 0 saturated carbocycles. The van der Waals surface area contributed by atoms with Gasteiger partial charge in [-0.15, -0.1) is 0 Å². The van der Waals surface area contributed by atoms with Crippen molar-refractivity contribution < 1.29 is 18.7 Å². The van der Waals surface area contributed by atoms with Crippen LogP contribution in [-0.2, 0) is 9.53 Å². The summed E-state index contributed by atoms with van der Waals surface area (Å²) >= 11 is 5.18. The highest BCUT2D eigenvalue weighted by molar-refractivity contribution is 7.71. The summed E-state index contributed by atoms with van der Waals surface area (Å²) in [5.74, 6) is 0.656. The van der Waals surface area contributed by atoms with Gasteiger partial charge in [0.05, 0.1) is 24.5 Å². The number of ether oxygens (including phenoxy) is 2. The number of fused-ring (bicyclic) bond motifs is 1. The van der Waals surface area contributed by atoms with E-state index in [1.807, 2.05) is 26.0 Å². The van der Waals surface area contributed by atoms with Crippen molar-refractivity contribution in [3.05, 3.63) is 34.5 Å². The lowest BCUT2D eigenvalue weighted by Gasteiger charge is -2.09. The van der Waals surface area contributed by atoms with Crippen LogP contribution in [0.25, 0.3) is 11.0 Å². The van der Waals surface area contributed by atoms with Crippen LogP contribution in [0.5, 0.6) is 5.75 Å². The lowest BCUT2D eigenvalue weighted by molar-refractivity contribution is -0.147. The van der Waals surface area contributed by atoms with Crippen LogP contribution in [0.1, 0.15) is 57.9 Å². The first-order chi connectivity index (χ1) is 13.0. The second-order valence-corrected chi connectivity index (χ2v) is 7.62. The number of aryl methyl sites for hydroxylation is 1. The lowest BCUT2D eigenvalue weighted by Crippen LogP contribution is -2.12. The highest BCUT2D eigenvalue weighted by Gasteiger charge is 2.07. The number of hydrogen-bond donors (Lipinski definition) is 0. The molecule has 1 heterocycles. The molecule has 0 aliphatic rings. The highest BCUT2D eigenvalue weighted by atomic mass is 32.1. The van der Waals surface area contributed by atoms with Crippen LogP contribution in [0.15, 0.2) is 28.7 Å². The number of benzene rings is 1. The molecule has 0 bridgehead atoms. The molecule has 0 N–H and O–H groups in total. The maximum Gasteiger partial charge on any atom is 0.308 e. The van der Waals surface area contributed by atoms with Crippen LogP contribution < -0.4 is 4.74 Å². The standard InChI is InChI=1S/C22H30O4S/c1-16(2)22(23)25-13-9-7-5-4-6-8-12-24-20-15-21(27)26-19-11-10-17(3)14-18(19)20/h10-11,14-16H,4-9,12-13H2,1-3H3. The van der Waals surface area contributed by atoms with E-state index in [0.29, 0.717) is 17.9 Å².